The monoisotopic (exact) mass is 307 g/mol. The van der Waals surface area contributed by atoms with Crippen LogP contribution in [-0.2, 0) is 11.3 Å². The number of rotatable bonds is 7. The van der Waals surface area contributed by atoms with Gasteiger partial charge in [-0.1, -0.05) is 6.42 Å². The highest BCUT2D eigenvalue weighted by Gasteiger charge is 2.25. The molecular formula is C17H25NO4. The van der Waals surface area contributed by atoms with Crippen LogP contribution < -0.4 is 19.5 Å². The van der Waals surface area contributed by atoms with E-state index in [0.29, 0.717) is 24.1 Å². The van der Waals surface area contributed by atoms with Crippen LogP contribution in [0.3, 0.4) is 0 Å². The average Bonchev–Trinajstić information content (AvgIpc) is 2.54. The molecule has 2 rings (SSSR count). The lowest BCUT2D eigenvalue weighted by atomic mass is 9.94. The van der Waals surface area contributed by atoms with Crippen molar-refractivity contribution in [3.63, 3.8) is 0 Å². The molecule has 1 aromatic carbocycles. The van der Waals surface area contributed by atoms with Gasteiger partial charge in [-0.15, -0.1) is 0 Å². The molecule has 0 aliphatic heterocycles. The number of quaternary nitrogens is 1. The third-order valence-corrected chi connectivity index (χ3v) is 4.43. The predicted octanol–water partition coefficient (Wildman–Crippen LogP) is 0.171. The molecule has 1 aliphatic rings. The number of ether oxygens (including phenoxy) is 2. The topological polar surface area (TPSA) is 63.0 Å². The van der Waals surface area contributed by atoms with Gasteiger partial charge in [0.2, 0.25) is 0 Å². The van der Waals surface area contributed by atoms with Crippen LogP contribution in [0.4, 0.5) is 0 Å². The number of carbonyl (C=O) groups excluding carboxylic acids is 1. The summed E-state index contributed by atoms with van der Waals surface area (Å²) in [7, 11) is 3.21. The second kappa shape index (κ2) is 8.03. The van der Waals surface area contributed by atoms with E-state index in [0.717, 1.165) is 23.3 Å². The first-order chi connectivity index (χ1) is 10.6. The zero-order chi connectivity index (χ0) is 15.9. The van der Waals surface area contributed by atoms with Crippen molar-refractivity contribution >= 4 is 5.97 Å². The summed E-state index contributed by atoms with van der Waals surface area (Å²) in [6, 6.07) is 6.17. The lowest BCUT2D eigenvalue weighted by Gasteiger charge is -2.31. The number of carbonyl (C=O) groups is 1. The Morgan fingerprint density at radius 2 is 1.86 bits per heavy atom. The predicted molar refractivity (Wildman–Crippen MR) is 81.0 cm³/mol. The molecule has 0 heterocycles. The van der Waals surface area contributed by atoms with E-state index in [1.54, 1.807) is 14.2 Å². The molecule has 122 valence electrons. The lowest BCUT2D eigenvalue weighted by molar-refractivity contribution is -0.934. The molecule has 5 nitrogen and oxygen atoms in total. The molecule has 1 fully saturated rings. The van der Waals surface area contributed by atoms with Gasteiger partial charge in [-0.3, -0.25) is 0 Å². The first-order valence-electron chi connectivity index (χ1n) is 7.89. The molecule has 0 spiro atoms. The molecule has 0 bridgehead atoms. The van der Waals surface area contributed by atoms with Crippen LogP contribution in [0.1, 0.15) is 37.7 Å². The fraction of sp³-hybridized carbons (Fsp3) is 0.588. The maximum atomic E-state index is 11.1. The van der Waals surface area contributed by atoms with Crippen LogP contribution in [-0.4, -0.2) is 32.8 Å². The van der Waals surface area contributed by atoms with Crippen molar-refractivity contribution in [2.75, 3.05) is 20.8 Å². The number of hydrogen-bond acceptors (Lipinski definition) is 4. The summed E-state index contributed by atoms with van der Waals surface area (Å²) >= 11 is 0. The van der Waals surface area contributed by atoms with Gasteiger partial charge < -0.3 is 24.3 Å². The van der Waals surface area contributed by atoms with Crippen molar-refractivity contribution in [1.82, 2.24) is 0 Å². The third-order valence-electron chi connectivity index (χ3n) is 4.43. The summed E-state index contributed by atoms with van der Waals surface area (Å²) in [6.07, 6.45) is 5.82. The number of aliphatic carboxylic acids is 1. The Morgan fingerprint density at radius 3 is 2.45 bits per heavy atom. The molecule has 1 saturated carbocycles. The number of carboxylic acids is 1. The summed E-state index contributed by atoms with van der Waals surface area (Å²) in [4.78, 5) is 12.2. The lowest BCUT2D eigenvalue weighted by Crippen LogP contribution is -3.15. The standard InChI is InChI=1S/C17H25NO4/c1-21-15-9-8-13(10-16(15)22-2)11-18(12-17(19)20)14-6-4-3-5-7-14/h8-10,14H,3-7,11-12H2,1-2H3,(H,19,20). The maximum Gasteiger partial charge on any atom is 0.161 e. The van der Waals surface area contributed by atoms with Crippen molar-refractivity contribution in [3.8, 4) is 11.5 Å². The quantitative estimate of drug-likeness (QED) is 0.780. The maximum absolute atomic E-state index is 11.1. The van der Waals surface area contributed by atoms with Gasteiger partial charge in [0.1, 0.15) is 13.1 Å². The normalized spacial score (nSPS) is 17.0. The zero-order valence-corrected chi connectivity index (χ0v) is 13.4. The molecular weight excluding hydrogens is 282 g/mol. The number of hydrogen-bond donors (Lipinski definition) is 1. The minimum absolute atomic E-state index is 0.0546. The Hall–Kier alpha value is -1.75. The second-order valence-corrected chi connectivity index (χ2v) is 5.91. The van der Waals surface area contributed by atoms with E-state index >= 15 is 0 Å². The van der Waals surface area contributed by atoms with Crippen LogP contribution in [0.5, 0.6) is 11.5 Å². The first kappa shape index (κ1) is 16.6. The molecule has 1 aliphatic carbocycles. The first-order valence-corrected chi connectivity index (χ1v) is 7.89. The fourth-order valence-corrected chi connectivity index (χ4v) is 3.30. The Kier molecular flexibility index (Phi) is 6.07. The van der Waals surface area contributed by atoms with Crippen molar-refractivity contribution in [2.45, 2.75) is 44.7 Å². The SMILES string of the molecule is COc1ccc(C[NH+](CC(=O)[O-])C2CCCCC2)cc1OC. The zero-order valence-electron chi connectivity index (χ0n) is 13.4. The molecule has 1 aromatic rings. The summed E-state index contributed by atoms with van der Waals surface area (Å²) < 4.78 is 10.6. The van der Waals surface area contributed by atoms with E-state index in [4.69, 9.17) is 9.47 Å². The highest BCUT2D eigenvalue weighted by molar-refractivity contribution is 5.65. The summed E-state index contributed by atoms with van der Waals surface area (Å²) in [5.74, 6) is 0.378. The van der Waals surface area contributed by atoms with Gasteiger partial charge in [-0.25, -0.2) is 0 Å². The average molecular weight is 307 g/mol. The van der Waals surface area contributed by atoms with E-state index in [-0.39, 0.29) is 6.54 Å². The van der Waals surface area contributed by atoms with Gasteiger partial charge >= 0.3 is 0 Å². The molecule has 1 N–H and O–H groups in total. The highest BCUT2D eigenvalue weighted by atomic mass is 16.5. The molecule has 1 atom stereocenters. The third kappa shape index (κ3) is 4.37. The Bertz CT molecular complexity index is 497. The van der Waals surface area contributed by atoms with Gasteiger partial charge in [-0.2, -0.15) is 0 Å². The van der Waals surface area contributed by atoms with E-state index in [1.165, 1.54) is 19.3 Å². The Labute approximate surface area is 131 Å². The summed E-state index contributed by atoms with van der Waals surface area (Å²) in [5, 5.41) is 11.1. The van der Waals surface area contributed by atoms with Crippen molar-refractivity contribution < 1.29 is 24.3 Å². The minimum atomic E-state index is -0.985. The number of benzene rings is 1. The molecule has 1 unspecified atom stereocenters. The van der Waals surface area contributed by atoms with E-state index in [2.05, 4.69) is 0 Å². The molecule has 5 heteroatoms. The molecule has 0 amide bonds. The van der Waals surface area contributed by atoms with E-state index in [9.17, 15) is 9.90 Å². The van der Waals surface area contributed by atoms with E-state index < -0.39 is 5.97 Å². The molecule has 22 heavy (non-hydrogen) atoms. The van der Waals surface area contributed by atoms with Crippen LogP contribution in [0.15, 0.2) is 18.2 Å². The summed E-state index contributed by atoms with van der Waals surface area (Å²) in [6.45, 7) is 0.720. The molecule has 0 radical (unpaired) electrons. The van der Waals surface area contributed by atoms with Crippen LogP contribution in [0.2, 0.25) is 0 Å². The summed E-state index contributed by atoms with van der Waals surface area (Å²) in [5.41, 5.74) is 1.06. The number of carboxylic acid groups (broad SMARTS) is 1. The minimum Gasteiger partial charge on any atom is -0.544 e. The number of nitrogens with one attached hydrogen (secondary N) is 1. The largest absolute Gasteiger partial charge is 0.544 e. The van der Waals surface area contributed by atoms with Gasteiger partial charge in [0, 0.05) is 5.56 Å². The van der Waals surface area contributed by atoms with Crippen molar-refractivity contribution in [3.05, 3.63) is 23.8 Å². The van der Waals surface area contributed by atoms with E-state index in [1.807, 2.05) is 18.2 Å². The van der Waals surface area contributed by atoms with Crippen LogP contribution >= 0.6 is 0 Å². The number of methoxy groups -OCH3 is 2. The van der Waals surface area contributed by atoms with Crippen molar-refractivity contribution in [2.24, 2.45) is 0 Å². The van der Waals surface area contributed by atoms with Crippen LogP contribution in [0, 0.1) is 0 Å². The highest BCUT2D eigenvalue weighted by Crippen LogP contribution is 2.27. The molecule has 0 saturated heterocycles. The smallest absolute Gasteiger partial charge is 0.161 e. The Morgan fingerprint density at radius 1 is 1.18 bits per heavy atom. The van der Waals surface area contributed by atoms with Gasteiger partial charge in [-0.05, 0) is 43.9 Å². The molecule has 0 aromatic heterocycles. The second-order valence-electron chi connectivity index (χ2n) is 5.91. The van der Waals surface area contributed by atoms with Gasteiger partial charge in [0.25, 0.3) is 0 Å². The fourth-order valence-electron chi connectivity index (χ4n) is 3.30. The Balaban J connectivity index is 2.13. The van der Waals surface area contributed by atoms with Crippen molar-refractivity contribution in [1.29, 1.82) is 0 Å². The van der Waals surface area contributed by atoms with Gasteiger partial charge in [0.05, 0.1) is 26.2 Å². The van der Waals surface area contributed by atoms with Gasteiger partial charge in [0.15, 0.2) is 11.5 Å². The van der Waals surface area contributed by atoms with Crippen LogP contribution in [0.25, 0.3) is 0 Å².